The molecule has 1 aromatic rings. The maximum atomic E-state index is 11.9. The van der Waals surface area contributed by atoms with E-state index in [9.17, 15) is 22.8 Å². The molecule has 22 heavy (non-hydrogen) atoms. The molecule has 122 valence electrons. The number of benzene rings is 1. The normalized spacial score (nSPS) is 12.5. The van der Waals surface area contributed by atoms with Crippen molar-refractivity contribution in [1.82, 2.24) is 5.32 Å². The van der Waals surface area contributed by atoms with Crippen LogP contribution in [0.5, 0.6) is 5.75 Å². The van der Waals surface area contributed by atoms with Crippen LogP contribution in [0.4, 0.5) is 13.2 Å². The molecular weight excluding hydrogens is 307 g/mol. The Hall–Kier alpha value is -2.29. The smallest absolute Gasteiger partial charge is 0.411 e. The van der Waals surface area contributed by atoms with E-state index in [1.807, 2.05) is 0 Å². The van der Waals surface area contributed by atoms with E-state index in [4.69, 9.17) is 9.84 Å². The van der Waals surface area contributed by atoms with Crippen molar-refractivity contribution in [1.29, 1.82) is 0 Å². The van der Waals surface area contributed by atoms with Gasteiger partial charge in [0.2, 0.25) is 5.91 Å². The second-order valence-electron chi connectivity index (χ2n) is 4.22. The predicted octanol–water partition coefficient (Wildman–Crippen LogP) is 1.52. The minimum absolute atomic E-state index is 0.248. The Kier molecular flexibility index (Phi) is 6.17. The number of amides is 1. The molecule has 2 N–H and O–H groups in total. The summed E-state index contributed by atoms with van der Waals surface area (Å²) >= 11 is 0. The molecule has 0 fully saturated rings. The van der Waals surface area contributed by atoms with E-state index in [1.54, 1.807) is 0 Å². The molecule has 9 heteroatoms. The number of hydrogen-bond acceptors (Lipinski definition) is 4. The molecule has 0 heterocycles. The van der Waals surface area contributed by atoms with E-state index >= 15 is 0 Å². The van der Waals surface area contributed by atoms with E-state index < -0.39 is 37.3 Å². The Morgan fingerprint density at radius 3 is 2.32 bits per heavy atom. The van der Waals surface area contributed by atoms with Gasteiger partial charge in [-0.15, -0.1) is 0 Å². The summed E-state index contributed by atoms with van der Waals surface area (Å²) in [7, 11) is 1.43. The number of aliphatic carboxylic acids is 1. The third-order valence-electron chi connectivity index (χ3n) is 2.50. The number of alkyl halides is 3. The molecule has 0 spiro atoms. The number of carbonyl (C=O) groups excluding carboxylic acids is 1. The minimum atomic E-state index is -4.55. The summed E-state index contributed by atoms with van der Waals surface area (Å²) in [6, 6.07) is 4.45. The molecule has 0 bridgehead atoms. The summed E-state index contributed by atoms with van der Waals surface area (Å²) < 4.78 is 44.7. The highest BCUT2D eigenvalue weighted by molar-refractivity contribution is 5.85. The summed E-state index contributed by atoms with van der Waals surface area (Å²) in [6.45, 7) is -2.47. The van der Waals surface area contributed by atoms with Crippen molar-refractivity contribution >= 4 is 11.9 Å². The monoisotopic (exact) mass is 321 g/mol. The van der Waals surface area contributed by atoms with Crippen molar-refractivity contribution in [3.05, 3.63) is 29.8 Å². The molecule has 1 atom stereocenters. The van der Waals surface area contributed by atoms with Crippen molar-refractivity contribution in [3.8, 4) is 5.75 Å². The van der Waals surface area contributed by atoms with Gasteiger partial charge in [-0.3, -0.25) is 4.79 Å². The highest BCUT2D eigenvalue weighted by Crippen LogP contribution is 2.18. The van der Waals surface area contributed by atoms with Crippen molar-refractivity contribution in [3.63, 3.8) is 0 Å². The molecule has 1 amide bonds. The number of halogens is 3. The Labute approximate surface area is 123 Å². The van der Waals surface area contributed by atoms with Gasteiger partial charge >= 0.3 is 12.1 Å². The number of carboxylic acid groups (broad SMARTS) is 1. The molecule has 0 aromatic heterocycles. The van der Waals surface area contributed by atoms with Crippen LogP contribution in [0.3, 0.4) is 0 Å². The summed E-state index contributed by atoms with van der Waals surface area (Å²) in [4.78, 5) is 22.6. The van der Waals surface area contributed by atoms with Crippen LogP contribution in [0.25, 0.3) is 0 Å². The van der Waals surface area contributed by atoms with Gasteiger partial charge in [0.15, 0.2) is 6.04 Å². The molecule has 1 rings (SSSR count). The number of hydrogen-bond donors (Lipinski definition) is 2. The van der Waals surface area contributed by atoms with Crippen LogP contribution in [-0.2, 0) is 14.3 Å². The fourth-order valence-corrected chi connectivity index (χ4v) is 1.55. The van der Waals surface area contributed by atoms with E-state index in [-0.39, 0.29) is 5.56 Å². The van der Waals surface area contributed by atoms with Gasteiger partial charge in [0.1, 0.15) is 19.0 Å². The molecule has 0 aliphatic rings. The van der Waals surface area contributed by atoms with E-state index in [2.05, 4.69) is 10.1 Å². The lowest BCUT2D eigenvalue weighted by Crippen LogP contribution is -2.36. The SMILES string of the molecule is COc1ccc(C(NC(=O)COCC(F)(F)F)C(=O)O)cc1. The molecule has 0 aliphatic heterocycles. The second kappa shape index (κ2) is 7.64. The van der Waals surface area contributed by atoms with Gasteiger partial charge in [-0.1, -0.05) is 12.1 Å². The lowest BCUT2D eigenvalue weighted by Gasteiger charge is -2.15. The quantitative estimate of drug-likeness (QED) is 0.795. The van der Waals surface area contributed by atoms with Gasteiger partial charge in [-0.05, 0) is 17.7 Å². The zero-order valence-corrected chi connectivity index (χ0v) is 11.5. The van der Waals surface area contributed by atoms with Crippen molar-refractivity contribution in [2.45, 2.75) is 12.2 Å². The number of ether oxygens (including phenoxy) is 2. The molecule has 1 unspecified atom stereocenters. The second-order valence-corrected chi connectivity index (χ2v) is 4.22. The van der Waals surface area contributed by atoms with Gasteiger partial charge in [0, 0.05) is 0 Å². The predicted molar refractivity (Wildman–Crippen MR) is 68.4 cm³/mol. The minimum Gasteiger partial charge on any atom is -0.497 e. The van der Waals surface area contributed by atoms with Gasteiger partial charge in [-0.25, -0.2) is 4.79 Å². The summed E-state index contributed by atoms with van der Waals surface area (Å²) in [5, 5.41) is 11.2. The van der Waals surface area contributed by atoms with Crippen molar-refractivity contribution in [2.75, 3.05) is 20.3 Å². The Morgan fingerprint density at radius 1 is 1.27 bits per heavy atom. The first kappa shape index (κ1) is 17.8. The average molecular weight is 321 g/mol. The van der Waals surface area contributed by atoms with Gasteiger partial charge in [0.05, 0.1) is 7.11 Å². The highest BCUT2D eigenvalue weighted by Gasteiger charge is 2.28. The van der Waals surface area contributed by atoms with Gasteiger partial charge in [0.25, 0.3) is 0 Å². The van der Waals surface area contributed by atoms with Gasteiger partial charge < -0.3 is 19.9 Å². The van der Waals surface area contributed by atoms with Crippen LogP contribution < -0.4 is 10.1 Å². The van der Waals surface area contributed by atoms with Crippen LogP contribution in [-0.4, -0.2) is 43.5 Å². The first-order valence-corrected chi connectivity index (χ1v) is 6.03. The summed E-state index contributed by atoms with van der Waals surface area (Å²) in [5.74, 6) is -1.82. The fraction of sp³-hybridized carbons (Fsp3) is 0.385. The lowest BCUT2D eigenvalue weighted by molar-refractivity contribution is -0.176. The number of carbonyl (C=O) groups is 2. The maximum absolute atomic E-state index is 11.9. The highest BCUT2D eigenvalue weighted by atomic mass is 19.4. The summed E-state index contributed by atoms with van der Waals surface area (Å²) in [5.41, 5.74) is 0.248. The zero-order chi connectivity index (χ0) is 16.8. The van der Waals surface area contributed by atoms with Crippen LogP contribution in [0.15, 0.2) is 24.3 Å². The number of carboxylic acids is 1. The van der Waals surface area contributed by atoms with E-state index in [1.165, 1.54) is 31.4 Å². The first-order chi connectivity index (χ1) is 10.2. The molecule has 0 aliphatic carbocycles. The Bertz CT molecular complexity index is 515. The Balaban J connectivity index is 2.63. The molecule has 0 radical (unpaired) electrons. The van der Waals surface area contributed by atoms with Crippen LogP contribution in [0.1, 0.15) is 11.6 Å². The van der Waals surface area contributed by atoms with Crippen LogP contribution in [0.2, 0.25) is 0 Å². The van der Waals surface area contributed by atoms with Crippen molar-refractivity contribution in [2.24, 2.45) is 0 Å². The molecule has 1 aromatic carbocycles. The van der Waals surface area contributed by atoms with E-state index in [0.717, 1.165) is 0 Å². The van der Waals surface area contributed by atoms with Crippen molar-refractivity contribution < 1.29 is 37.3 Å². The zero-order valence-electron chi connectivity index (χ0n) is 11.5. The summed E-state index contributed by atoms with van der Waals surface area (Å²) in [6.07, 6.45) is -4.55. The van der Waals surface area contributed by atoms with Crippen LogP contribution >= 0.6 is 0 Å². The topological polar surface area (TPSA) is 84.9 Å². The third-order valence-corrected chi connectivity index (χ3v) is 2.50. The first-order valence-electron chi connectivity index (χ1n) is 6.03. The number of rotatable bonds is 7. The Morgan fingerprint density at radius 2 is 1.86 bits per heavy atom. The molecule has 0 saturated heterocycles. The number of nitrogens with one attached hydrogen (secondary N) is 1. The van der Waals surface area contributed by atoms with E-state index in [0.29, 0.717) is 5.75 Å². The third kappa shape index (κ3) is 6.00. The average Bonchev–Trinajstić information content (AvgIpc) is 2.43. The van der Waals surface area contributed by atoms with Crippen LogP contribution in [0, 0.1) is 0 Å². The van der Waals surface area contributed by atoms with Gasteiger partial charge in [-0.2, -0.15) is 13.2 Å². The maximum Gasteiger partial charge on any atom is 0.411 e. The molecular formula is C13H14F3NO5. The standard InChI is InChI=1S/C13H14F3NO5/c1-21-9-4-2-8(3-5-9)11(12(19)20)17-10(18)6-22-7-13(14,15)16/h2-5,11H,6-7H2,1H3,(H,17,18)(H,19,20). The fourth-order valence-electron chi connectivity index (χ4n) is 1.55. The molecule has 0 saturated carbocycles. The largest absolute Gasteiger partial charge is 0.497 e. The lowest BCUT2D eigenvalue weighted by atomic mass is 10.1. The molecule has 6 nitrogen and oxygen atoms in total. The number of methoxy groups -OCH3 is 1.